The quantitative estimate of drug-likeness (QED) is 0.702. The van der Waals surface area contributed by atoms with Crippen LogP contribution in [0.1, 0.15) is 43.7 Å². The first-order chi connectivity index (χ1) is 8.26. The monoisotopic (exact) mass is 236 g/mol. The number of fused-ring (bicyclic) bond motifs is 1. The van der Waals surface area contributed by atoms with Gasteiger partial charge in [0.1, 0.15) is 0 Å². The lowest BCUT2D eigenvalue weighted by Crippen LogP contribution is -2.33. The summed E-state index contributed by atoms with van der Waals surface area (Å²) >= 11 is 0. The van der Waals surface area contributed by atoms with Crippen LogP contribution in [0.2, 0.25) is 0 Å². The van der Waals surface area contributed by atoms with E-state index in [-0.39, 0.29) is 12.1 Å². The number of halogens is 1. The zero-order valence-electron chi connectivity index (χ0n) is 10.5. The van der Waals surface area contributed by atoms with Gasteiger partial charge in [0, 0.05) is 5.41 Å². The first-order valence-electron chi connectivity index (χ1n) is 6.48. The number of benzene rings is 1. The molecule has 1 heterocycles. The minimum atomic E-state index is -0.191. The molecule has 1 aromatic carbocycles. The van der Waals surface area contributed by atoms with Gasteiger partial charge in [-0.2, -0.15) is 0 Å². The van der Waals surface area contributed by atoms with Crippen LogP contribution in [-0.4, -0.2) is 13.3 Å². The van der Waals surface area contributed by atoms with Gasteiger partial charge in [0.25, 0.3) is 0 Å². The first-order valence-corrected chi connectivity index (χ1v) is 6.48. The Morgan fingerprint density at radius 1 is 1.24 bits per heavy atom. The van der Waals surface area contributed by atoms with E-state index in [1.807, 2.05) is 0 Å². The second kappa shape index (κ2) is 5.63. The molecule has 1 aliphatic heterocycles. The second-order valence-electron chi connectivity index (χ2n) is 5.21. The van der Waals surface area contributed by atoms with E-state index in [1.165, 1.54) is 11.1 Å². The lowest BCUT2D eigenvalue weighted by Gasteiger charge is -2.36. The summed E-state index contributed by atoms with van der Waals surface area (Å²) in [5.41, 5.74) is 2.85. The van der Waals surface area contributed by atoms with Gasteiger partial charge in [-0.05, 0) is 24.0 Å². The van der Waals surface area contributed by atoms with Gasteiger partial charge in [-0.15, -0.1) is 0 Å². The Bertz CT molecular complexity index is 364. The molecule has 0 saturated carbocycles. The maximum Gasteiger partial charge on any atom is 0.0894 e. The molecule has 0 bridgehead atoms. The maximum absolute atomic E-state index is 12.1. The van der Waals surface area contributed by atoms with E-state index in [4.69, 9.17) is 4.74 Å². The lowest BCUT2D eigenvalue weighted by atomic mass is 9.75. The molecule has 1 nitrogen and oxygen atoms in total. The zero-order chi connectivity index (χ0) is 12.1. The fourth-order valence-corrected chi connectivity index (χ4v) is 2.69. The SMILES string of the molecule is C[C@]1(CCCCCF)COCc2ccccc21. The van der Waals surface area contributed by atoms with Gasteiger partial charge in [0.05, 0.1) is 19.9 Å². The Balaban J connectivity index is 2.05. The van der Waals surface area contributed by atoms with Gasteiger partial charge in [-0.1, -0.05) is 44.0 Å². The third-order valence-electron chi connectivity index (χ3n) is 3.71. The first kappa shape index (κ1) is 12.6. The summed E-state index contributed by atoms with van der Waals surface area (Å²) in [6.07, 6.45) is 3.84. The van der Waals surface area contributed by atoms with Crippen LogP contribution in [0, 0.1) is 0 Å². The topological polar surface area (TPSA) is 9.23 Å². The van der Waals surface area contributed by atoms with Crippen LogP contribution in [0.4, 0.5) is 4.39 Å². The summed E-state index contributed by atoms with van der Waals surface area (Å²) in [4.78, 5) is 0. The van der Waals surface area contributed by atoms with Gasteiger partial charge in [0.2, 0.25) is 0 Å². The summed E-state index contributed by atoms with van der Waals surface area (Å²) in [7, 11) is 0. The van der Waals surface area contributed by atoms with Crippen molar-refractivity contribution in [1.29, 1.82) is 0 Å². The van der Waals surface area contributed by atoms with Crippen LogP contribution in [0.3, 0.4) is 0 Å². The van der Waals surface area contributed by atoms with Gasteiger partial charge < -0.3 is 4.74 Å². The highest BCUT2D eigenvalue weighted by Gasteiger charge is 2.31. The molecule has 94 valence electrons. The third kappa shape index (κ3) is 2.86. The molecule has 0 amide bonds. The highest BCUT2D eigenvalue weighted by atomic mass is 19.1. The summed E-state index contributed by atoms with van der Waals surface area (Å²) in [6.45, 7) is 3.60. The molecule has 0 fully saturated rings. The van der Waals surface area contributed by atoms with Crippen molar-refractivity contribution in [3.8, 4) is 0 Å². The normalized spacial score (nSPS) is 23.4. The Morgan fingerprint density at radius 2 is 2.06 bits per heavy atom. The largest absolute Gasteiger partial charge is 0.376 e. The minimum Gasteiger partial charge on any atom is -0.376 e. The van der Waals surface area contributed by atoms with Crippen LogP contribution in [-0.2, 0) is 16.8 Å². The molecule has 1 aromatic rings. The van der Waals surface area contributed by atoms with E-state index in [9.17, 15) is 4.39 Å². The van der Waals surface area contributed by atoms with Crippen molar-refractivity contribution in [1.82, 2.24) is 0 Å². The summed E-state index contributed by atoms with van der Waals surface area (Å²) in [5.74, 6) is 0. The van der Waals surface area contributed by atoms with Gasteiger partial charge >= 0.3 is 0 Å². The zero-order valence-corrected chi connectivity index (χ0v) is 10.5. The van der Waals surface area contributed by atoms with E-state index in [2.05, 4.69) is 31.2 Å². The van der Waals surface area contributed by atoms with E-state index in [0.717, 1.165) is 32.5 Å². The minimum absolute atomic E-state index is 0.116. The Morgan fingerprint density at radius 3 is 2.88 bits per heavy atom. The van der Waals surface area contributed by atoms with E-state index in [1.54, 1.807) is 0 Å². The molecule has 1 atom stereocenters. The molecule has 0 N–H and O–H groups in total. The molecule has 2 rings (SSSR count). The standard InChI is InChI=1S/C15H21FO/c1-15(9-5-2-6-10-16)12-17-11-13-7-3-4-8-14(13)15/h3-4,7-8H,2,5-6,9-12H2,1H3/t15-/m0/s1. The van der Waals surface area contributed by atoms with Gasteiger partial charge in [0.15, 0.2) is 0 Å². The molecule has 0 unspecified atom stereocenters. The highest BCUT2D eigenvalue weighted by Crippen LogP contribution is 2.36. The Hall–Kier alpha value is -0.890. The van der Waals surface area contributed by atoms with Crippen LogP contribution in [0.5, 0.6) is 0 Å². The van der Waals surface area contributed by atoms with Crippen molar-refractivity contribution < 1.29 is 9.13 Å². The average Bonchev–Trinajstić information content (AvgIpc) is 2.36. The fourth-order valence-electron chi connectivity index (χ4n) is 2.69. The Labute approximate surface area is 103 Å². The molecule has 0 aliphatic carbocycles. The van der Waals surface area contributed by atoms with Gasteiger partial charge in [-0.3, -0.25) is 4.39 Å². The molecular formula is C15H21FO. The van der Waals surface area contributed by atoms with Crippen LogP contribution in [0.25, 0.3) is 0 Å². The second-order valence-corrected chi connectivity index (χ2v) is 5.21. The summed E-state index contributed by atoms with van der Waals surface area (Å²) < 4.78 is 17.8. The van der Waals surface area contributed by atoms with Crippen molar-refractivity contribution in [3.63, 3.8) is 0 Å². The van der Waals surface area contributed by atoms with Crippen molar-refractivity contribution in [2.45, 2.75) is 44.6 Å². The van der Waals surface area contributed by atoms with Crippen molar-refractivity contribution in [2.75, 3.05) is 13.3 Å². The predicted octanol–water partition coefficient (Wildman–Crippen LogP) is 4.00. The summed E-state index contributed by atoms with van der Waals surface area (Å²) in [5, 5.41) is 0. The van der Waals surface area contributed by atoms with Crippen molar-refractivity contribution in [2.24, 2.45) is 0 Å². The molecule has 0 aromatic heterocycles. The Kier molecular flexibility index (Phi) is 4.16. The van der Waals surface area contributed by atoms with Crippen LogP contribution < -0.4 is 0 Å². The predicted molar refractivity (Wildman–Crippen MR) is 67.9 cm³/mol. The molecule has 0 spiro atoms. The molecule has 17 heavy (non-hydrogen) atoms. The van der Waals surface area contributed by atoms with E-state index >= 15 is 0 Å². The number of alkyl halides is 1. The van der Waals surface area contributed by atoms with E-state index < -0.39 is 0 Å². The molecule has 2 heteroatoms. The number of hydrogen-bond donors (Lipinski definition) is 0. The third-order valence-corrected chi connectivity index (χ3v) is 3.71. The smallest absolute Gasteiger partial charge is 0.0894 e. The van der Waals surface area contributed by atoms with Crippen molar-refractivity contribution >= 4 is 0 Å². The molecule has 0 radical (unpaired) electrons. The molecule has 0 saturated heterocycles. The number of ether oxygens (including phenoxy) is 1. The average molecular weight is 236 g/mol. The van der Waals surface area contributed by atoms with Crippen molar-refractivity contribution in [3.05, 3.63) is 35.4 Å². The lowest BCUT2D eigenvalue weighted by molar-refractivity contribution is 0.0530. The summed E-state index contributed by atoms with van der Waals surface area (Å²) in [6, 6.07) is 8.53. The van der Waals surface area contributed by atoms with E-state index in [0.29, 0.717) is 6.42 Å². The molecular weight excluding hydrogens is 215 g/mol. The molecule has 1 aliphatic rings. The number of rotatable bonds is 5. The number of unbranched alkanes of at least 4 members (excludes halogenated alkanes) is 2. The van der Waals surface area contributed by atoms with Crippen LogP contribution in [0.15, 0.2) is 24.3 Å². The highest BCUT2D eigenvalue weighted by molar-refractivity contribution is 5.35. The number of hydrogen-bond acceptors (Lipinski definition) is 1. The van der Waals surface area contributed by atoms with Gasteiger partial charge in [-0.25, -0.2) is 0 Å². The van der Waals surface area contributed by atoms with Crippen LogP contribution >= 0.6 is 0 Å². The maximum atomic E-state index is 12.1. The fraction of sp³-hybridized carbons (Fsp3) is 0.600.